The van der Waals surface area contributed by atoms with Crippen LogP contribution >= 0.6 is 0 Å². The quantitative estimate of drug-likeness (QED) is 0.652. The van der Waals surface area contributed by atoms with E-state index in [1.165, 1.54) is 5.56 Å². The van der Waals surface area contributed by atoms with Crippen LogP contribution in [-0.2, 0) is 6.42 Å². The van der Waals surface area contributed by atoms with Gasteiger partial charge in [-0.25, -0.2) is 0 Å². The number of hydrogen-bond donors (Lipinski definition) is 1. The predicted molar refractivity (Wildman–Crippen MR) is 72.7 cm³/mol. The van der Waals surface area contributed by atoms with E-state index in [2.05, 4.69) is 19.0 Å². The summed E-state index contributed by atoms with van der Waals surface area (Å²) >= 11 is 0. The Balaban J connectivity index is 2.22. The molecular weight excluding hydrogens is 226 g/mol. The van der Waals surface area contributed by atoms with E-state index in [0.29, 0.717) is 5.92 Å². The monoisotopic (exact) mass is 247 g/mol. The van der Waals surface area contributed by atoms with Crippen molar-refractivity contribution in [1.29, 1.82) is 0 Å². The molecule has 1 atom stereocenters. The van der Waals surface area contributed by atoms with Crippen molar-refractivity contribution >= 4 is 5.71 Å². The van der Waals surface area contributed by atoms with Crippen molar-refractivity contribution in [1.82, 2.24) is 0 Å². The molecule has 1 N–H and O–H groups in total. The molecule has 0 spiro atoms. The van der Waals surface area contributed by atoms with E-state index in [1.54, 1.807) is 0 Å². The molecule has 0 bridgehead atoms. The second-order valence-electron chi connectivity index (χ2n) is 5.01. The lowest BCUT2D eigenvalue weighted by Crippen LogP contribution is -2.15. The van der Waals surface area contributed by atoms with Crippen LogP contribution in [-0.4, -0.2) is 17.5 Å². The van der Waals surface area contributed by atoms with E-state index >= 15 is 0 Å². The minimum absolute atomic E-state index is 0.565. The van der Waals surface area contributed by atoms with Gasteiger partial charge in [-0.3, -0.25) is 0 Å². The Bertz CT molecular complexity index is 440. The highest BCUT2D eigenvalue weighted by Crippen LogP contribution is 2.30. The van der Waals surface area contributed by atoms with Crippen LogP contribution in [0.15, 0.2) is 23.4 Å². The Hall–Kier alpha value is -1.51. The molecular formula is C15H21NO2. The normalized spacial score (nSPS) is 18.4. The van der Waals surface area contributed by atoms with Crippen molar-refractivity contribution < 1.29 is 9.94 Å². The smallest absolute Gasteiger partial charge is 0.123 e. The Labute approximate surface area is 108 Å². The van der Waals surface area contributed by atoms with Gasteiger partial charge in [0.25, 0.3) is 0 Å². The van der Waals surface area contributed by atoms with Gasteiger partial charge in [-0.1, -0.05) is 37.6 Å². The van der Waals surface area contributed by atoms with Crippen molar-refractivity contribution in [2.45, 2.75) is 39.5 Å². The number of fused-ring (bicyclic) bond motifs is 1. The first-order valence-electron chi connectivity index (χ1n) is 6.72. The molecule has 0 radical (unpaired) electrons. The zero-order valence-corrected chi connectivity index (χ0v) is 11.1. The first-order chi connectivity index (χ1) is 8.76. The zero-order chi connectivity index (χ0) is 13.0. The molecule has 0 aromatic heterocycles. The van der Waals surface area contributed by atoms with Gasteiger partial charge >= 0.3 is 0 Å². The summed E-state index contributed by atoms with van der Waals surface area (Å²) in [6.07, 6.45) is 4.00. The molecule has 1 aliphatic carbocycles. The molecule has 3 nitrogen and oxygen atoms in total. The lowest BCUT2D eigenvalue weighted by molar-refractivity contribution is 0.254. The third-order valence-corrected chi connectivity index (χ3v) is 3.63. The molecule has 1 aliphatic rings. The molecule has 0 fully saturated rings. The van der Waals surface area contributed by atoms with Crippen LogP contribution < -0.4 is 4.74 Å². The van der Waals surface area contributed by atoms with E-state index in [0.717, 1.165) is 49.3 Å². The van der Waals surface area contributed by atoms with Crippen LogP contribution in [0.2, 0.25) is 0 Å². The molecule has 0 saturated heterocycles. The predicted octanol–water partition coefficient (Wildman–Crippen LogP) is 3.63. The Morgan fingerprint density at radius 3 is 2.94 bits per heavy atom. The highest BCUT2D eigenvalue weighted by molar-refractivity contribution is 6.02. The lowest BCUT2D eigenvalue weighted by atomic mass is 9.89. The van der Waals surface area contributed by atoms with Crippen molar-refractivity contribution in [3.8, 4) is 5.75 Å². The maximum Gasteiger partial charge on any atom is 0.123 e. The van der Waals surface area contributed by atoms with E-state index in [9.17, 15) is 0 Å². The minimum Gasteiger partial charge on any atom is -0.493 e. The molecule has 1 aromatic carbocycles. The largest absolute Gasteiger partial charge is 0.493 e. The van der Waals surface area contributed by atoms with Crippen LogP contribution in [0.3, 0.4) is 0 Å². The first kappa shape index (κ1) is 12.9. The number of oxime groups is 1. The molecule has 1 aromatic rings. The summed E-state index contributed by atoms with van der Waals surface area (Å²) in [4.78, 5) is 0. The summed E-state index contributed by atoms with van der Waals surface area (Å²) < 4.78 is 5.91. The van der Waals surface area contributed by atoms with Crippen LogP contribution in [0, 0.1) is 5.92 Å². The summed E-state index contributed by atoms with van der Waals surface area (Å²) in [5, 5.41) is 12.4. The highest BCUT2D eigenvalue weighted by atomic mass is 16.5. The fourth-order valence-corrected chi connectivity index (χ4v) is 2.25. The minimum atomic E-state index is 0.565. The third-order valence-electron chi connectivity index (χ3n) is 3.63. The van der Waals surface area contributed by atoms with Gasteiger partial charge in [0.2, 0.25) is 0 Å². The molecule has 2 rings (SSSR count). The van der Waals surface area contributed by atoms with Gasteiger partial charge in [0.05, 0.1) is 12.3 Å². The molecule has 0 amide bonds. The summed E-state index contributed by atoms with van der Waals surface area (Å²) in [7, 11) is 0. The van der Waals surface area contributed by atoms with Crippen molar-refractivity contribution in [3.05, 3.63) is 29.3 Å². The van der Waals surface area contributed by atoms with E-state index in [4.69, 9.17) is 9.94 Å². The van der Waals surface area contributed by atoms with Crippen LogP contribution in [0.25, 0.3) is 0 Å². The zero-order valence-electron chi connectivity index (χ0n) is 11.1. The first-order valence-corrected chi connectivity index (χ1v) is 6.72. The standard InChI is InChI=1S/C15H21NO2/c1-3-11(2)10-18-15-9-5-6-12-13(15)7-4-8-14(12)16-17/h5-6,9,11,17H,3-4,7-8,10H2,1-2H3. The van der Waals surface area contributed by atoms with Crippen molar-refractivity contribution in [3.63, 3.8) is 0 Å². The average molecular weight is 247 g/mol. The van der Waals surface area contributed by atoms with E-state index < -0.39 is 0 Å². The summed E-state index contributed by atoms with van der Waals surface area (Å²) in [5.74, 6) is 1.52. The molecule has 0 heterocycles. The number of rotatable bonds is 4. The molecule has 98 valence electrons. The van der Waals surface area contributed by atoms with Gasteiger partial charge in [0.1, 0.15) is 5.75 Å². The van der Waals surface area contributed by atoms with E-state index in [-0.39, 0.29) is 0 Å². The third kappa shape index (κ3) is 2.66. The van der Waals surface area contributed by atoms with Crippen LogP contribution in [0.5, 0.6) is 5.75 Å². The summed E-state index contributed by atoms with van der Waals surface area (Å²) in [6.45, 7) is 5.11. The maximum absolute atomic E-state index is 9.03. The molecule has 1 unspecified atom stereocenters. The number of hydrogen-bond acceptors (Lipinski definition) is 3. The fourth-order valence-electron chi connectivity index (χ4n) is 2.25. The second-order valence-corrected chi connectivity index (χ2v) is 5.01. The van der Waals surface area contributed by atoms with Crippen molar-refractivity contribution in [2.24, 2.45) is 11.1 Å². The van der Waals surface area contributed by atoms with Crippen LogP contribution in [0.4, 0.5) is 0 Å². The van der Waals surface area contributed by atoms with Gasteiger partial charge in [-0.2, -0.15) is 0 Å². The van der Waals surface area contributed by atoms with Gasteiger partial charge in [0, 0.05) is 11.1 Å². The molecule has 0 aliphatic heterocycles. The molecule has 0 saturated carbocycles. The fraction of sp³-hybridized carbons (Fsp3) is 0.533. The van der Waals surface area contributed by atoms with Gasteiger partial charge in [0.15, 0.2) is 0 Å². The van der Waals surface area contributed by atoms with Gasteiger partial charge in [-0.15, -0.1) is 0 Å². The van der Waals surface area contributed by atoms with Gasteiger partial charge < -0.3 is 9.94 Å². The SMILES string of the molecule is CCC(C)COc1cccc2c1CCCC2=NO. The Morgan fingerprint density at radius 2 is 2.22 bits per heavy atom. The number of nitrogens with zero attached hydrogens (tertiary/aromatic N) is 1. The highest BCUT2D eigenvalue weighted by Gasteiger charge is 2.19. The average Bonchev–Trinajstić information content (AvgIpc) is 2.43. The number of ether oxygens (including phenoxy) is 1. The summed E-state index contributed by atoms with van der Waals surface area (Å²) in [6, 6.07) is 6.00. The van der Waals surface area contributed by atoms with Crippen molar-refractivity contribution in [2.75, 3.05) is 6.61 Å². The van der Waals surface area contributed by atoms with Gasteiger partial charge in [-0.05, 0) is 31.2 Å². The lowest BCUT2D eigenvalue weighted by Gasteiger charge is -2.21. The van der Waals surface area contributed by atoms with Crippen LogP contribution in [0.1, 0.15) is 44.2 Å². The maximum atomic E-state index is 9.03. The Kier molecular flexibility index (Phi) is 4.24. The molecule has 18 heavy (non-hydrogen) atoms. The Morgan fingerprint density at radius 1 is 1.39 bits per heavy atom. The van der Waals surface area contributed by atoms with E-state index in [1.807, 2.05) is 18.2 Å². The molecule has 3 heteroatoms. The topological polar surface area (TPSA) is 41.8 Å². The summed E-state index contributed by atoms with van der Waals surface area (Å²) in [5.41, 5.74) is 3.02. The second kappa shape index (κ2) is 5.89. The number of benzene rings is 1.